The number of Topliss-reactive ketones (excluding diaryl/α,β-unsaturated/α-hetero) is 1. The molecule has 0 saturated carbocycles. The first-order chi connectivity index (χ1) is 14.3. The van der Waals surface area contributed by atoms with Gasteiger partial charge in [0, 0.05) is 47.4 Å². The first-order valence-electron chi connectivity index (χ1n) is 9.74. The molecular formula is C23H25NO6. The molecule has 0 unspecified atom stereocenters. The minimum absolute atomic E-state index is 0.131. The van der Waals surface area contributed by atoms with Crippen molar-refractivity contribution in [2.75, 3.05) is 13.7 Å². The Kier molecular flexibility index (Phi) is 6.40. The van der Waals surface area contributed by atoms with E-state index in [1.54, 1.807) is 18.2 Å². The van der Waals surface area contributed by atoms with E-state index in [9.17, 15) is 14.4 Å². The molecule has 1 aromatic carbocycles. The summed E-state index contributed by atoms with van der Waals surface area (Å²) in [7, 11) is 1.37. The lowest BCUT2D eigenvalue weighted by molar-refractivity contribution is -0.140. The summed E-state index contributed by atoms with van der Waals surface area (Å²) in [5, 5.41) is 0.823. The Labute approximate surface area is 174 Å². The van der Waals surface area contributed by atoms with E-state index in [1.165, 1.54) is 13.2 Å². The number of methoxy groups -OCH3 is 1. The number of aromatic nitrogens is 1. The van der Waals surface area contributed by atoms with Crippen LogP contribution in [0.15, 0.2) is 39.5 Å². The maximum absolute atomic E-state index is 12.7. The highest BCUT2D eigenvalue weighted by molar-refractivity contribution is 5.98. The van der Waals surface area contributed by atoms with Crippen molar-refractivity contribution < 1.29 is 23.5 Å². The van der Waals surface area contributed by atoms with Gasteiger partial charge in [-0.05, 0) is 51.0 Å². The highest BCUT2D eigenvalue weighted by Gasteiger charge is 2.17. The van der Waals surface area contributed by atoms with Crippen molar-refractivity contribution in [1.29, 1.82) is 0 Å². The molecule has 7 heteroatoms. The lowest BCUT2D eigenvalue weighted by Crippen LogP contribution is -2.13. The summed E-state index contributed by atoms with van der Waals surface area (Å²) in [6.07, 6.45) is 0.965. The molecule has 0 aliphatic carbocycles. The molecule has 0 fully saturated rings. The van der Waals surface area contributed by atoms with Gasteiger partial charge in [-0.2, -0.15) is 0 Å². The number of aryl methyl sites for hydroxylation is 2. The standard InChI is InChI=1S/C23H25NO6/c1-14-10-23(27)30-21-12-17(7-8-18(14)21)29-13-20(25)19-11-15(2)24(16(19)3)9-5-6-22(26)28-4/h7-8,10-12H,5-6,9,13H2,1-4H3. The van der Waals surface area contributed by atoms with E-state index in [0.29, 0.717) is 36.3 Å². The number of hydrogen-bond acceptors (Lipinski definition) is 6. The number of carbonyl (C=O) groups excluding carboxylic acids is 2. The van der Waals surface area contributed by atoms with Gasteiger partial charge in [0.05, 0.1) is 7.11 Å². The summed E-state index contributed by atoms with van der Waals surface area (Å²) in [6, 6.07) is 8.45. The lowest BCUT2D eigenvalue weighted by atomic mass is 10.1. The second-order valence-corrected chi connectivity index (χ2v) is 7.23. The van der Waals surface area contributed by atoms with Crippen LogP contribution in [0.25, 0.3) is 11.0 Å². The Bertz CT molecular complexity index is 1150. The van der Waals surface area contributed by atoms with Gasteiger partial charge in [0.2, 0.25) is 5.78 Å². The zero-order valence-corrected chi connectivity index (χ0v) is 17.6. The SMILES string of the molecule is COC(=O)CCCn1c(C)cc(C(=O)COc2ccc3c(C)cc(=O)oc3c2)c1C. The summed E-state index contributed by atoms with van der Waals surface area (Å²) in [5.41, 5.74) is 3.20. The molecule has 0 aliphatic rings. The smallest absolute Gasteiger partial charge is 0.336 e. The molecule has 3 rings (SSSR count). The summed E-state index contributed by atoms with van der Waals surface area (Å²) < 4.78 is 17.6. The van der Waals surface area contributed by atoms with Crippen LogP contribution in [0, 0.1) is 20.8 Å². The minimum atomic E-state index is -0.423. The highest BCUT2D eigenvalue weighted by Crippen LogP contribution is 2.23. The van der Waals surface area contributed by atoms with E-state index in [4.69, 9.17) is 9.15 Å². The van der Waals surface area contributed by atoms with Gasteiger partial charge in [0.1, 0.15) is 11.3 Å². The Morgan fingerprint density at radius 3 is 2.60 bits per heavy atom. The number of ketones is 1. The van der Waals surface area contributed by atoms with E-state index in [1.807, 2.05) is 31.4 Å². The zero-order valence-electron chi connectivity index (χ0n) is 17.6. The van der Waals surface area contributed by atoms with E-state index in [-0.39, 0.29) is 18.4 Å². The van der Waals surface area contributed by atoms with Crippen molar-refractivity contribution in [1.82, 2.24) is 4.57 Å². The predicted molar refractivity (Wildman–Crippen MR) is 112 cm³/mol. The van der Waals surface area contributed by atoms with Crippen molar-refractivity contribution in [3.05, 3.63) is 63.3 Å². The molecule has 0 saturated heterocycles. The Hall–Kier alpha value is -3.35. The second-order valence-electron chi connectivity index (χ2n) is 7.23. The first-order valence-corrected chi connectivity index (χ1v) is 9.74. The Morgan fingerprint density at radius 1 is 1.10 bits per heavy atom. The molecule has 0 spiro atoms. The van der Waals surface area contributed by atoms with Gasteiger partial charge in [-0.15, -0.1) is 0 Å². The normalized spacial score (nSPS) is 10.9. The van der Waals surface area contributed by atoms with Crippen molar-refractivity contribution in [3.63, 3.8) is 0 Å². The quantitative estimate of drug-likeness (QED) is 0.319. The second kappa shape index (κ2) is 8.98. The molecule has 7 nitrogen and oxygen atoms in total. The third-order valence-electron chi connectivity index (χ3n) is 5.16. The predicted octanol–water partition coefficient (Wildman–Crippen LogP) is 3.73. The molecule has 2 heterocycles. The number of benzene rings is 1. The third-order valence-corrected chi connectivity index (χ3v) is 5.16. The summed E-state index contributed by atoms with van der Waals surface area (Å²) in [5.74, 6) is 0.0631. The maximum Gasteiger partial charge on any atom is 0.336 e. The number of rotatable bonds is 8. The van der Waals surface area contributed by atoms with Crippen LogP contribution in [0.2, 0.25) is 0 Å². The molecule has 30 heavy (non-hydrogen) atoms. The molecule has 0 aliphatic heterocycles. The molecule has 2 aromatic heterocycles. The molecule has 158 valence electrons. The van der Waals surface area contributed by atoms with Gasteiger partial charge in [0.25, 0.3) is 0 Å². The summed E-state index contributed by atoms with van der Waals surface area (Å²) in [6.45, 7) is 6.14. The van der Waals surface area contributed by atoms with E-state index in [0.717, 1.165) is 22.3 Å². The highest BCUT2D eigenvalue weighted by atomic mass is 16.5. The van der Waals surface area contributed by atoms with Crippen molar-refractivity contribution in [2.24, 2.45) is 0 Å². The van der Waals surface area contributed by atoms with Crippen LogP contribution in [0.5, 0.6) is 5.75 Å². The molecule has 0 radical (unpaired) electrons. The Balaban J connectivity index is 1.69. The van der Waals surface area contributed by atoms with E-state index >= 15 is 0 Å². The lowest BCUT2D eigenvalue weighted by Gasteiger charge is -2.10. The number of esters is 1. The van der Waals surface area contributed by atoms with Crippen LogP contribution in [0.4, 0.5) is 0 Å². The summed E-state index contributed by atoms with van der Waals surface area (Å²) in [4.78, 5) is 35.6. The third kappa shape index (κ3) is 4.62. The fourth-order valence-electron chi connectivity index (χ4n) is 3.53. The average Bonchev–Trinajstić information content (AvgIpc) is 2.99. The van der Waals surface area contributed by atoms with Gasteiger partial charge in [-0.25, -0.2) is 4.79 Å². The van der Waals surface area contributed by atoms with Crippen LogP contribution in [-0.4, -0.2) is 30.0 Å². The average molecular weight is 411 g/mol. The maximum atomic E-state index is 12.7. The van der Waals surface area contributed by atoms with Gasteiger partial charge < -0.3 is 18.5 Å². The molecule has 0 atom stereocenters. The molecular weight excluding hydrogens is 386 g/mol. The number of nitrogens with zero attached hydrogens (tertiary/aromatic N) is 1. The van der Waals surface area contributed by atoms with Crippen LogP contribution >= 0.6 is 0 Å². The fraction of sp³-hybridized carbons (Fsp3) is 0.348. The fourth-order valence-corrected chi connectivity index (χ4v) is 3.53. The van der Waals surface area contributed by atoms with E-state index < -0.39 is 5.63 Å². The molecule has 0 amide bonds. The van der Waals surface area contributed by atoms with Crippen LogP contribution < -0.4 is 10.4 Å². The number of fused-ring (bicyclic) bond motifs is 1. The molecule has 3 aromatic rings. The van der Waals surface area contributed by atoms with Gasteiger partial charge in [0.15, 0.2) is 6.61 Å². The van der Waals surface area contributed by atoms with Crippen molar-refractivity contribution >= 4 is 22.7 Å². The molecule has 0 N–H and O–H groups in total. The van der Waals surface area contributed by atoms with Crippen molar-refractivity contribution in [3.8, 4) is 5.75 Å². The first kappa shape index (κ1) is 21.4. The van der Waals surface area contributed by atoms with Gasteiger partial charge in [-0.1, -0.05) is 0 Å². The monoisotopic (exact) mass is 411 g/mol. The largest absolute Gasteiger partial charge is 0.485 e. The summed E-state index contributed by atoms with van der Waals surface area (Å²) >= 11 is 0. The molecule has 0 bridgehead atoms. The van der Waals surface area contributed by atoms with Crippen molar-refractivity contribution in [2.45, 2.75) is 40.2 Å². The van der Waals surface area contributed by atoms with Crippen LogP contribution in [0.3, 0.4) is 0 Å². The minimum Gasteiger partial charge on any atom is -0.485 e. The zero-order chi connectivity index (χ0) is 21.8. The van der Waals surface area contributed by atoms with Crippen LogP contribution in [-0.2, 0) is 16.1 Å². The number of hydrogen-bond donors (Lipinski definition) is 0. The van der Waals surface area contributed by atoms with Gasteiger partial charge in [-0.3, -0.25) is 9.59 Å². The van der Waals surface area contributed by atoms with E-state index in [2.05, 4.69) is 4.74 Å². The Morgan fingerprint density at radius 2 is 1.87 bits per heavy atom. The van der Waals surface area contributed by atoms with Gasteiger partial charge >= 0.3 is 11.6 Å². The van der Waals surface area contributed by atoms with Crippen LogP contribution in [0.1, 0.15) is 40.2 Å². The number of carbonyl (C=O) groups is 2. The topological polar surface area (TPSA) is 87.7 Å². The number of ether oxygens (including phenoxy) is 2.